The van der Waals surface area contributed by atoms with Gasteiger partial charge in [0, 0.05) is 5.56 Å². The molecule has 0 atom stereocenters. The number of nitrogens with zero attached hydrogens (tertiary/aromatic N) is 3. The quantitative estimate of drug-likeness (QED) is 0.579. The number of halogens is 1. The SMILES string of the molecule is NC(=O)c1nc(-c2ccc(F)cc2)nc2c1[nH]c(=O)n2Cc1ccccc1. The smallest absolute Gasteiger partial charge is 0.328 e. The number of imidazole rings is 1. The van der Waals surface area contributed by atoms with Crippen LogP contribution < -0.4 is 11.4 Å². The highest BCUT2D eigenvalue weighted by molar-refractivity contribution is 6.01. The number of carbonyl (C=O) groups is 1. The number of nitrogens with two attached hydrogens (primary N) is 1. The molecule has 0 saturated carbocycles. The molecule has 0 bridgehead atoms. The summed E-state index contributed by atoms with van der Waals surface area (Å²) in [4.78, 5) is 35.5. The van der Waals surface area contributed by atoms with Crippen LogP contribution >= 0.6 is 0 Å². The number of fused-ring (bicyclic) bond motifs is 1. The summed E-state index contributed by atoms with van der Waals surface area (Å²) in [7, 11) is 0. The Kier molecular flexibility index (Phi) is 4.00. The first-order chi connectivity index (χ1) is 13.0. The number of amides is 1. The van der Waals surface area contributed by atoms with Crippen molar-refractivity contribution in [2.24, 2.45) is 5.73 Å². The van der Waals surface area contributed by atoms with Crippen LogP contribution in [0.1, 0.15) is 16.1 Å². The van der Waals surface area contributed by atoms with Gasteiger partial charge >= 0.3 is 5.69 Å². The number of nitrogens with one attached hydrogen (secondary N) is 1. The van der Waals surface area contributed by atoms with Crippen molar-refractivity contribution in [3.8, 4) is 11.4 Å². The molecule has 2 aromatic heterocycles. The maximum atomic E-state index is 13.2. The zero-order chi connectivity index (χ0) is 19.0. The second-order valence-corrected chi connectivity index (χ2v) is 5.97. The zero-order valence-corrected chi connectivity index (χ0v) is 14.0. The number of carbonyl (C=O) groups excluding carboxylic acids is 1. The van der Waals surface area contributed by atoms with Crippen LogP contribution in [0.25, 0.3) is 22.6 Å². The van der Waals surface area contributed by atoms with Gasteiger partial charge in [-0.25, -0.2) is 19.2 Å². The summed E-state index contributed by atoms with van der Waals surface area (Å²) in [5.41, 5.74) is 6.74. The van der Waals surface area contributed by atoms with Crippen molar-refractivity contribution in [3.63, 3.8) is 0 Å². The summed E-state index contributed by atoms with van der Waals surface area (Å²) in [6.45, 7) is 0.262. The number of aromatic nitrogens is 4. The third kappa shape index (κ3) is 3.08. The molecule has 0 saturated heterocycles. The number of hydrogen-bond acceptors (Lipinski definition) is 4. The zero-order valence-electron chi connectivity index (χ0n) is 14.0. The van der Waals surface area contributed by atoms with Crippen LogP contribution in [0.5, 0.6) is 0 Å². The van der Waals surface area contributed by atoms with E-state index in [1.807, 2.05) is 30.3 Å². The maximum absolute atomic E-state index is 13.2. The molecule has 2 aromatic carbocycles. The molecule has 0 aliphatic heterocycles. The van der Waals surface area contributed by atoms with Gasteiger partial charge in [-0.2, -0.15) is 0 Å². The fourth-order valence-corrected chi connectivity index (χ4v) is 2.85. The minimum absolute atomic E-state index is 0.0942. The molecule has 4 rings (SSSR count). The molecule has 1 amide bonds. The second-order valence-electron chi connectivity index (χ2n) is 5.97. The highest BCUT2D eigenvalue weighted by atomic mass is 19.1. The normalized spacial score (nSPS) is 11.0. The molecular formula is C19H14FN5O2. The molecule has 0 radical (unpaired) electrons. The molecule has 134 valence electrons. The summed E-state index contributed by atoms with van der Waals surface area (Å²) in [5.74, 6) is -1.02. The van der Waals surface area contributed by atoms with Gasteiger partial charge in [-0.15, -0.1) is 0 Å². The van der Waals surface area contributed by atoms with Crippen LogP contribution in [-0.4, -0.2) is 25.4 Å². The van der Waals surface area contributed by atoms with Gasteiger partial charge in [0.25, 0.3) is 5.91 Å². The largest absolute Gasteiger partial charge is 0.364 e. The fraction of sp³-hybridized carbons (Fsp3) is 0.0526. The van der Waals surface area contributed by atoms with E-state index in [1.54, 1.807) is 0 Å². The number of aromatic amines is 1. The Morgan fingerprint density at radius 2 is 1.78 bits per heavy atom. The standard InChI is InChI=1S/C19H14FN5O2/c20-13-8-6-12(7-9-13)17-22-14(16(21)26)15-18(24-17)25(19(27)23-15)10-11-4-2-1-3-5-11/h1-9H,10H2,(H2,21,26)(H,23,27). The van der Waals surface area contributed by atoms with Crippen molar-refractivity contribution in [3.05, 3.63) is 82.2 Å². The van der Waals surface area contributed by atoms with Gasteiger partial charge in [-0.3, -0.25) is 9.36 Å². The summed E-state index contributed by atoms with van der Waals surface area (Å²) in [5, 5.41) is 0. The van der Waals surface area contributed by atoms with Crippen molar-refractivity contribution < 1.29 is 9.18 Å². The van der Waals surface area contributed by atoms with Crippen LogP contribution in [0.4, 0.5) is 4.39 Å². The number of H-pyrrole nitrogens is 1. The topological polar surface area (TPSA) is 107 Å². The first kappa shape index (κ1) is 16.6. The Morgan fingerprint density at radius 3 is 2.44 bits per heavy atom. The Morgan fingerprint density at radius 1 is 1.07 bits per heavy atom. The average molecular weight is 363 g/mol. The van der Waals surface area contributed by atoms with Crippen molar-refractivity contribution in [1.29, 1.82) is 0 Å². The molecule has 8 heteroatoms. The number of hydrogen-bond donors (Lipinski definition) is 2. The third-order valence-corrected chi connectivity index (χ3v) is 4.14. The van der Waals surface area contributed by atoms with Crippen molar-refractivity contribution >= 4 is 17.1 Å². The molecule has 27 heavy (non-hydrogen) atoms. The minimum atomic E-state index is -0.793. The van der Waals surface area contributed by atoms with Gasteiger partial charge < -0.3 is 10.7 Å². The van der Waals surface area contributed by atoms with E-state index in [0.717, 1.165) is 5.56 Å². The molecule has 3 N–H and O–H groups in total. The molecule has 2 heterocycles. The van der Waals surface area contributed by atoms with Gasteiger partial charge in [0.15, 0.2) is 17.2 Å². The van der Waals surface area contributed by atoms with Crippen LogP contribution in [0, 0.1) is 5.82 Å². The Labute approximate surface area is 152 Å². The second kappa shape index (κ2) is 6.49. The molecule has 0 spiro atoms. The highest BCUT2D eigenvalue weighted by Gasteiger charge is 2.19. The Bertz CT molecular complexity index is 1200. The third-order valence-electron chi connectivity index (χ3n) is 4.14. The van der Waals surface area contributed by atoms with Crippen molar-refractivity contribution in [2.45, 2.75) is 6.54 Å². The predicted molar refractivity (Wildman–Crippen MR) is 97.6 cm³/mol. The van der Waals surface area contributed by atoms with E-state index in [-0.39, 0.29) is 29.2 Å². The lowest BCUT2D eigenvalue weighted by Crippen LogP contribution is -2.17. The van der Waals surface area contributed by atoms with Gasteiger partial charge in [-0.1, -0.05) is 30.3 Å². The van der Waals surface area contributed by atoms with Crippen LogP contribution in [0.15, 0.2) is 59.4 Å². The number of benzene rings is 2. The first-order valence-corrected chi connectivity index (χ1v) is 8.13. The first-order valence-electron chi connectivity index (χ1n) is 8.13. The van der Waals surface area contributed by atoms with Crippen LogP contribution in [0.3, 0.4) is 0 Å². The summed E-state index contributed by atoms with van der Waals surface area (Å²) in [6.07, 6.45) is 0. The van der Waals surface area contributed by atoms with Crippen molar-refractivity contribution in [1.82, 2.24) is 19.5 Å². The molecule has 0 aliphatic carbocycles. The van der Waals surface area contributed by atoms with Gasteiger partial charge in [0.1, 0.15) is 11.3 Å². The molecular weight excluding hydrogens is 349 g/mol. The van der Waals surface area contributed by atoms with Crippen molar-refractivity contribution in [2.75, 3.05) is 0 Å². The van der Waals surface area contributed by atoms with E-state index >= 15 is 0 Å². The fourth-order valence-electron chi connectivity index (χ4n) is 2.85. The highest BCUT2D eigenvalue weighted by Crippen LogP contribution is 2.21. The number of rotatable bonds is 4. The molecule has 0 aliphatic rings. The van der Waals surface area contributed by atoms with Gasteiger partial charge in [0.05, 0.1) is 6.54 Å². The van der Waals surface area contributed by atoms with E-state index in [1.165, 1.54) is 28.8 Å². The summed E-state index contributed by atoms with van der Waals surface area (Å²) in [6, 6.07) is 14.9. The van der Waals surface area contributed by atoms with Gasteiger partial charge in [0.2, 0.25) is 0 Å². The van der Waals surface area contributed by atoms with Crippen LogP contribution in [-0.2, 0) is 6.54 Å². The molecule has 0 unspecified atom stereocenters. The Hall–Kier alpha value is -3.81. The van der Waals surface area contributed by atoms with Crippen LogP contribution in [0.2, 0.25) is 0 Å². The summed E-state index contributed by atoms with van der Waals surface area (Å²) >= 11 is 0. The van der Waals surface area contributed by atoms with E-state index in [4.69, 9.17) is 5.73 Å². The maximum Gasteiger partial charge on any atom is 0.328 e. The lowest BCUT2D eigenvalue weighted by Gasteiger charge is -2.06. The predicted octanol–water partition coefficient (Wildman–Crippen LogP) is 2.07. The van der Waals surface area contributed by atoms with E-state index in [2.05, 4.69) is 15.0 Å². The lowest BCUT2D eigenvalue weighted by atomic mass is 10.2. The van der Waals surface area contributed by atoms with Gasteiger partial charge in [-0.05, 0) is 29.8 Å². The molecule has 0 fully saturated rings. The monoisotopic (exact) mass is 363 g/mol. The molecule has 7 nitrogen and oxygen atoms in total. The van der Waals surface area contributed by atoms with E-state index in [9.17, 15) is 14.0 Å². The lowest BCUT2D eigenvalue weighted by molar-refractivity contribution is 0.0997. The summed E-state index contributed by atoms with van der Waals surface area (Å²) < 4.78 is 14.6. The Balaban J connectivity index is 1.94. The average Bonchev–Trinajstić information content (AvgIpc) is 2.98. The number of primary amides is 1. The van der Waals surface area contributed by atoms with E-state index in [0.29, 0.717) is 5.56 Å². The minimum Gasteiger partial charge on any atom is -0.364 e. The van der Waals surface area contributed by atoms with E-state index < -0.39 is 17.4 Å². The molecule has 4 aromatic rings.